The lowest BCUT2D eigenvalue weighted by molar-refractivity contribution is -0.124. The first-order chi connectivity index (χ1) is 13.3. The Morgan fingerprint density at radius 1 is 1.18 bits per heavy atom. The van der Waals surface area contributed by atoms with E-state index in [1.807, 2.05) is 19.1 Å². The van der Waals surface area contributed by atoms with Crippen LogP contribution in [0.4, 0.5) is 14.9 Å². The molecule has 2 atom stereocenters. The number of benzene rings is 2. The van der Waals surface area contributed by atoms with Crippen molar-refractivity contribution in [2.45, 2.75) is 20.0 Å². The van der Waals surface area contributed by atoms with Crippen molar-refractivity contribution in [3.63, 3.8) is 0 Å². The van der Waals surface area contributed by atoms with Crippen molar-refractivity contribution in [2.24, 2.45) is 5.92 Å². The number of aromatic hydroxyl groups is 1. The summed E-state index contributed by atoms with van der Waals surface area (Å²) in [7, 11) is 0. The average molecular weight is 388 g/mol. The SMILES string of the molecule is Cc1ccc(NC(=O)O[C@H](c2ccc(O)c(F)c2)[C@@H](C)/C=C/C(=O)NO)cc1. The second-order valence-corrected chi connectivity index (χ2v) is 6.22. The van der Waals surface area contributed by atoms with Crippen LogP contribution in [0.5, 0.6) is 5.75 Å². The number of carbonyl (C=O) groups excluding carboxylic acids is 2. The minimum atomic E-state index is -0.955. The van der Waals surface area contributed by atoms with E-state index in [4.69, 9.17) is 9.94 Å². The fourth-order valence-corrected chi connectivity index (χ4v) is 2.46. The van der Waals surface area contributed by atoms with E-state index < -0.39 is 35.6 Å². The topological polar surface area (TPSA) is 108 Å². The molecule has 2 amide bonds. The van der Waals surface area contributed by atoms with E-state index in [-0.39, 0.29) is 5.56 Å². The van der Waals surface area contributed by atoms with Crippen LogP contribution >= 0.6 is 0 Å². The minimum Gasteiger partial charge on any atom is -0.505 e. The summed E-state index contributed by atoms with van der Waals surface area (Å²) in [6.45, 7) is 3.56. The maximum Gasteiger partial charge on any atom is 0.412 e. The minimum absolute atomic E-state index is 0.288. The number of rotatable bonds is 6. The van der Waals surface area contributed by atoms with Crippen molar-refractivity contribution in [3.8, 4) is 5.75 Å². The van der Waals surface area contributed by atoms with Crippen LogP contribution in [-0.4, -0.2) is 22.3 Å². The molecule has 0 heterocycles. The highest BCUT2D eigenvalue weighted by Gasteiger charge is 2.23. The maximum atomic E-state index is 13.8. The summed E-state index contributed by atoms with van der Waals surface area (Å²) in [5, 5.41) is 20.5. The quantitative estimate of drug-likeness (QED) is 0.342. The van der Waals surface area contributed by atoms with Gasteiger partial charge in [-0.2, -0.15) is 0 Å². The van der Waals surface area contributed by atoms with Gasteiger partial charge in [-0.1, -0.05) is 36.8 Å². The van der Waals surface area contributed by atoms with Gasteiger partial charge in [-0.05, 0) is 36.8 Å². The highest BCUT2D eigenvalue weighted by Crippen LogP contribution is 2.30. The third-order valence-corrected chi connectivity index (χ3v) is 3.97. The van der Waals surface area contributed by atoms with Crippen molar-refractivity contribution in [3.05, 3.63) is 71.6 Å². The van der Waals surface area contributed by atoms with Crippen molar-refractivity contribution >= 4 is 17.7 Å². The lowest BCUT2D eigenvalue weighted by Crippen LogP contribution is -2.22. The number of hydrogen-bond acceptors (Lipinski definition) is 5. The van der Waals surface area contributed by atoms with Crippen LogP contribution in [-0.2, 0) is 9.53 Å². The molecule has 0 saturated heterocycles. The zero-order chi connectivity index (χ0) is 20.7. The first-order valence-corrected chi connectivity index (χ1v) is 8.45. The third kappa shape index (κ3) is 5.82. The summed E-state index contributed by atoms with van der Waals surface area (Å²) >= 11 is 0. The molecule has 0 bridgehead atoms. The predicted octanol–water partition coefficient (Wildman–Crippen LogP) is 3.83. The fourth-order valence-electron chi connectivity index (χ4n) is 2.46. The number of ether oxygens (including phenoxy) is 1. The molecule has 0 radical (unpaired) electrons. The van der Waals surface area contributed by atoms with Gasteiger partial charge in [0.15, 0.2) is 11.6 Å². The van der Waals surface area contributed by atoms with Gasteiger partial charge < -0.3 is 9.84 Å². The largest absolute Gasteiger partial charge is 0.505 e. The Balaban J connectivity index is 2.22. The smallest absolute Gasteiger partial charge is 0.412 e. The molecular formula is C20H21FN2O5. The van der Waals surface area contributed by atoms with Gasteiger partial charge in [-0.3, -0.25) is 15.3 Å². The summed E-state index contributed by atoms with van der Waals surface area (Å²) in [6.07, 6.45) is 0.744. The summed E-state index contributed by atoms with van der Waals surface area (Å²) < 4.78 is 19.2. The molecule has 0 unspecified atom stereocenters. The molecule has 7 nitrogen and oxygen atoms in total. The monoisotopic (exact) mass is 388 g/mol. The van der Waals surface area contributed by atoms with Gasteiger partial charge in [0.1, 0.15) is 6.10 Å². The Kier molecular flexibility index (Phi) is 7.11. The molecule has 2 aromatic rings. The molecule has 2 rings (SSSR count). The predicted molar refractivity (Wildman–Crippen MR) is 100 cm³/mol. The zero-order valence-corrected chi connectivity index (χ0v) is 15.3. The van der Waals surface area contributed by atoms with Crippen LogP contribution < -0.4 is 10.8 Å². The van der Waals surface area contributed by atoms with Gasteiger partial charge in [0.2, 0.25) is 0 Å². The second kappa shape index (κ2) is 9.52. The molecule has 0 aliphatic carbocycles. The lowest BCUT2D eigenvalue weighted by atomic mass is 9.96. The van der Waals surface area contributed by atoms with E-state index >= 15 is 0 Å². The van der Waals surface area contributed by atoms with Crippen LogP contribution in [0.15, 0.2) is 54.6 Å². The number of hydrogen-bond donors (Lipinski definition) is 4. The van der Waals surface area contributed by atoms with E-state index in [1.165, 1.54) is 17.6 Å². The Hall–Kier alpha value is -3.39. The van der Waals surface area contributed by atoms with Crippen LogP contribution in [0.25, 0.3) is 0 Å². The highest BCUT2D eigenvalue weighted by atomic mass is 19.1. The second-order valence-electron chi connectivity index (χ2n) is 6.22. The molecule has 0 spiro atoms. The Bertz CT molecular complexity index is 867. The number of hydroxylamine groups is 1. The summed E-state index contributed by atoms with van der Waals surface area (Å²) in [5.74, 6) is -2.71. The fraction of sp³-hybridized carbons (Fsp3) is 0.200. The lowest BCUT2D eigenvalue weighted by Gasteiger charge is -2.23. The molecule has 0 aromatic heterocycles. The first-order valence-electron chi connectivity index (χ1n) is 8.45. The Labute approximate surface area is 161 Å². The van der Waals surface area contributed by atoms with Crippen molar-refractivity contribution in [2.75, 3.05) is 5.32 Å². The standard InChI is InChI=1S/C20H21FN2O5/c1-12-3-7-15(8-4-12)22-20(26)28-19(13(2)5-10-18(25)23-27)14-6-9-17(24)16(21)11-14/h3-11,13,19,24,27H,1-2H3,(H,22,26)(H,23,25)/b10-5+/t13-,19-/m0/s1. The summed E-state index contributed by atoms with van der Waals surface area (Å²) in [6, 6.07) is 10.7. The van der Waals surface area contributed by atoms with Crippen molar-refractivity contribution < 1.29 is 29.0 Å². The Morgan fingerprint density at radius 2 is 1.86 bits per heavy atom. The number of halogens is 1. The number of carbonyl (C=O) groups is 2. The van der Waals surface area contributed by atoms with Gasteiger partial charge in [-0.25, -0.2) is 14.7 Å². The van der Waals surface area contributed by atoms with E-state index in [0.29, 0.717) is 5.69 Å². The summed E-state index contributed by atoms with van der Waals surface area (Å²) in [5.41, 5.74) is 3.29. The van der Waals surface area contributed by atoms with Gasteiger partial charge in [0, 0.05) is 17.7 Å². The van der Waals surface area contributed by atoms with Crippen LogP contribution in [0, 0.1) is 18.7 Å². The van der Waals surface area contributed by atoms with Gasteiger partial charge >= 0.3 is 6.09 Å². The Morgan fingerprint density at radius 3 is 2.46 bits per heavy atom. The van der Waals surface area contributed by atoms with Gasteiger partial charge in [-0.15, -0.1) is 0 Å². The number of phenols is 1. The molecule has 148 valence electrons. The zero-order valence-electron chi connectivity index (χ0n) is 15.3. The number of anilines is 1. The van der Waals surface area contributed by atoms with Crippen molar-refractivity contribution in [1.82, 2.24) is 5.48 Å². The molecular weight excluding hydrogens is 367 g/mol. The number of nitrogens with one attached hydrogen (secondary N) is 2. The maximum absolute atomic E-state index is 13.8. The molecule has 0 aliphatic heterocycles. The molecule has 28 heavy (non-hydrogen) atoms. The van der Waals surface area contributed by atoms with Crippen LogP contribution in [0.1, 0.15) is 24.2 Å². The van der Waals surface area contributed by atoms with Crippen molar-refractivity contribution in [1.29, 1.82) is 0 Å². The number of amides is 2. The molecule has 2 aromatic carbocycles. The molecule has 0 aliphatic rings. The average Bonchev–Trinajstić information content (AvgIpc) is 2.68. The summed E-state index contributed by atoms with van der Waals surface area (Å²) in [4.78, 5) is 23.5. The first kappa shape index (κ1) is 20.9. The van der Waals surface area contributed by atoms with Crippen LogP contribution in [0.2, 0.25) is 0 Å². The molecule has 0 saturated carbocycles. The van der Waals surface area contributed by atoms with Crippen LogP contribution in [0.3, 0.4) is 0 Å². The van der Waals surface area contributed by atoms with Gasteiger partial charge in [0.05, 0.1) is 0 Å². The molecule has 4 N–H and O–H groups in total. The number of phenolic OH excluding ortho intramolecular Hbond substituents is 1. The highest BCUT2D eigenvalue weighted by molar-refractivity contribution is 5.86. The normalized spacial score (nSPS) is 13.0. The third-order valence-electron chi connectivity index (χ3n) is 3.97. The van der Waals surface area contributed by atoms with E-state index in [9.17, 15) is 19.1 Å². The molecule has 8 heteroatoms. The molecule has 0 fully saturated rings. The van der Waals surface area contributed by atoms with E-state index in [1.54, 1.807) is 19.1 Å². The van der Waals surface area contributed by atoms with E-state index in [0.717, 1.165) is 23.8 Å². The van der Waals surface area contributed by atoms with E-state index in [2.05, 4.69) is 5.32 Å². The number of aryl methyl sites for hydroxylation is 1. The van der Waals surface area contributed by atoms with Gasteiger partial charge in [0.25, 0.3) is 5.91 Å².